The maximum Gasteiger partial charge on any atom is 0.163 e. The first-order valence-corrected chi connectivity index (χ1v) is 17.0. The minimum absolute atomic E-state index is 0.273. The van der Waals surface area contributed by atoms with E-state index in [-0.39, 0.29) is 5.78 Å². The largest absolute Gasteiger partial charge is 0.294 e. The number of ketones is 1. The molecule has 0 spiro atoms. The van der Waals surface area contributed by atoms with Crippen molar-refractivity contribution in [2.24, 2.45) is 34.6 Å². The molecule has 0 aliphatic heterocycles. The summed E-state index contributed by atoms with van der Waals surface area (Å²) < 4.78 is 0. The Bertz CT molecular complexity index is 1300. The van der Waals surface area contributed by atoms with Crippen molar-refractivity contribution in [2.45, 2.75) is 111 Å². The van der Waals surface area contributed by atoms with Gasteiger partial charge in [-0.3, -0.25) is 9.79 Å². The summed E-state index contributed by atoms with van der Waals surface area (Å²) in [5.41, 5.74) is 9.41. The highest BCUT2D eigenvalue weighted by molar-refractivity contribution is 6.04. The summed E-state index contributed by atoms with van der Waals surface area (Å²) in [6.07, 6.45) is 16.5. The van der Waals surface area contributed by atoms with Gasteiger partial charge in [-0.1, -0.05) is 108 Å². The highest BCUT2D eigenvalue weighted by Gasteiger charge is 2.28. The zero-order chi connectivity index (χ0) is 29.6. The molecule has 42 heavy (non-hydrogen) atoms. The number of hydrogen-bond acceptors (Lipinski definition) is 2. The van der Waals surface area contributed by atoms with Crippen LogP contribution in [-0.2, 0) is 0 Å². The van der Waals surface area contributed by atoms with Crippen molar-refractivity contribution in [3.05, 3.63) is 83.6 Å². The van der Waals surface area contributed by atoms with Gasteiger partial charge in [0, 0.05) is 29.5 Å². The third-order valence-electron chi connectivity index (χ3n) is 10.7. The van der Waals surface area contributed by atoms with Crippen molar-refractivity contribution in [3.8, 4) is 11.1 Å². The van der Waals surface area contributed by atoms with Gasteiger partial charge in [-0.15, -0.1) is 0 Å². The average molecular weight is 564 g/mol. The molecule has 2 aromatic carbocycles. The van der Waals surface area contributed by atoms with E-state index in [4.69, 9.17) is 4.99 Å². The molecule has 3 fully saturated rings. The molecule has 3 aliphatic rings. The molecule has 0 heterocycles. The Kier molecular flexibility index (Phi) is 10.3. The molecule has 0 aromatic heterocycles. The van der Waals surface area contributed by atoms with Gasteiger partial charge < -0.3 is 0 Å². The molecule has 2 heteroatoms. The first-order chi connectivity index (χ1) is 20.3. The van der Waals surface area contributed by atoms with Gasteiger partial charge in [0.15, 0.2) is 5.78 Å². The molecular weight excluding hydrogens is 510 g/mol. The maximum atomic E-state index is 13.2. The highest BCUT2D eigenvalue weighted by atomic mass is 16.1. The van der Waals surface area contributed by atoms with Crippen LogP contribution in [0, 0.1) is 36.5 Å². The van der Waals surface area contributed by atoms with Crippen LogP contribution >= 0.6 is 0 Å². The van der Waals surface area contributed by atoms with Crippen molar-refractivity contribution < 1.29 is 4.79 Å². The van der Waals surface area contributed by atoms with Crippen molar-refractivity contribution in [1.29, 1.82) is 0 Å². The zero-order valence-corrected chi connectivity index (χ0v) is 26.6. The summed E-state index contributed by atoms with van der Waals surface area (Å²) in [6.45, 7) is 15.8. The second-order valence-electron chi connectivity index (χ2n) is 14.1. The van der Waals surface area contributed by atoms with Crippen molar-refractivity contribution in [2.75, 3.05) is 0 Å². The highest BCUT2D eigenvalue weighted by Crippen LogP contribution is 2.38. The molecule has 0 N–H and O–H groups in total. The molecule has 3 saturated carbocycles. The number of hydrogen-bond donors (Lipinski definition) is 0. The van der Waals surface area contributed by atoms with Crippen molar-refractivity contribution >= 4 is 11.5 Å². The van der Waals surface area contributed by atoms with E-state index in [0.717, 1.165) is 48.4 Å². The fraction of sp³-hybridized carbons (Fsp3) is 0.550. The Balaban J connectivity index is 1.40. The quantitative estimate of drug-likeness (QED) is 0.136. The number of nitrogens with zero attached hydrogens (tertiary/aromatic N) is 1. The van der Waals surface area contributed by atoms with Crippen LogP contribution in [0.5, 0.6) is 0 Å². The molecule has 5 rings (SSSR count). The van der Waals surface area contributed by atoms with Crippen molar-refractivity contribution in [1.82, 2.24) is 0 Å². The second kappa shape index (κ2) is 14.2. The van der Waals surface area contributed by atoms with Crippen LogP contribution < -0.4 is 0 Å². The first-order valence-electron chi connectivity index (χ1n) is 17.0. The van der Waals surface area contributed by atoms with Crippen LogP contribution in [-0.4, -0.2) is 11.5 Å². The summed E-state index contributed by atoms with van der Waals surface area (Å²) in [5, 5.41) is 0. The molecule has 224 valence electrons. The van der Waals surface area contributed by atoms with Crippen LogP contribution in [0.3, 0.4) is 0 Å². The van der Waals surface area contributed by atoms with Crippen LogP contribution in [0.2, 0.25) is 0 Å². The molecule has 4 atom stereocenters. The summed E-state index contributed by atoms with van der Waals surface area (Å²) in [5.74, 6) is 3.15. The second-order valence-corrected chi connectivity index (χ2v) is 14.1. The van der Waals surface area contributed by atoms with E-state index in [1.807, 2.05) is 12.1 Å². The van der Waals surface area contributed by atoms with E-state index < -0.39 is 0 Å². The Labute approximate surface area is 255 Å². The Morgan fingerprint density at radius 2 is 1.60 bits per heavy atom. The number of carbonyl (C=O) groups is 1. The predicted molar refractivity (Wildman–Crippen MR) is 179 cm³/mol. The van der Waals surface area contributed by atoms with E-state index in [9.17, 15) is 4.79 Å². The number of carbonyl (C=O) groups excluding carboxylic acids is 1. The lowest BCUT2D eigenvalue weighted by Crippen LogP contribution is -2.22. The number of aryl methyl sites for hydroxylation is 1. The van der Waals surface area contributed by atoms with E-state index in [2.05, 4.69) is 64.3 Å². The van der Waals surface area contributed by atoms with Crippen LogP contribution in [0.25, 0.3) is 11.1 Å². The predicted octanol–water partition coefficient (Wildman–Crippen LogP) is 11.3. The summed E-state index contributed by atoms with van der Waals surface area (Å²) in [7, 11) is 0. The molecule has 2 nitrogen and oxygen atoms in total. The topological polar surface area (TPSA) is 29.4 Å². The summed E-state index contributed by atoms with van der Waals surface area (Å²) >= 11 is 0. The van der Waals surface area contributed by atoms with E-state index >= 15 is 0 Å². The molecule has 2 aromatic rings. The standard InChI is InChI=1S/C40H53NO/c1-27-17-19-32(20-18-27)25-39(42)35-15-10-14-33(26-35)34-21-22-38(30(4)24-34)40(36-13-8-6-11-28(2)23-36)41-31(5)37-16-9-7-12-29(37)3/h10,14-15,21-22,24,26,28-29,32,36-37H,1,5-9,11-13,16-20,23,25H2,2-4H3/t28-,29-,36?,37?/m0/s1. The molecule has 2 unspecified atom stereocenters. The van der Waals surface area contributed by atoms with Gasteiger partial charge in [0.05, 0.1) is 5.71 Å². The lowest BCUT2D eigenvalue weighted by Gasteiger charge is -2.30. The van der Waals surface area contributed by atoms with Crippen LogP contribution in [0.4, 0.5) is 0 Å². The first kappa shape index (κ1) is 30.7. The summed E-state index contributed by atoms with van der Waals surface area (Å²) in [4.78, 5) is 18.7. The third-order valence-corrected chi connectivity index (χ3v) is 10.7. The molecule has 0 radical (unpaired) electrons. The molecule has 0 amide bonds. The minimum Gasteiger partial charge on any atom is -0.294 e. The molecular formula is C40H53NO. The lowest BCUT2D eigenvalue weighted by molar-refractivity contribution is 0.0953. The van der Waals surface area contributed by atoms with Gasteiger partial charge >= 0.3 is 0 Å². The van der Waals surface area contributed by atoms with E-state index in [1.165, 1.54) is 85.8 Å². The average Bonchev–Trinajstić information content (AvgIpc) is 3.21. The monoisotopic (exact) mass is 563 g/mol. The Morgan fingerprint density at radius 1 is 0.881 bits per heavy atom. The Hall–Kier alpha value is -2.74. The zero-order valence-electron chi connectivity index (χ0n) is 26.6. The number of Topliss-reactive ketones (excluding diaryl/α,β-unsaturated/α-hetero) is 1. The van der Waals surface area contributed by atoms with Gasteiger partial charge in [0.1, 0.15) is 0 Å². The third kappa shape index (κ3) is 7.61. The lowest BCUT2D eigenvalue weighted by atomic mass is 9.78. The van der Waals surface area contributed by atoms with Gasteiger partial charge in [0.2, 0.25) is 0 Å². The normalized spacial score (nSPS) is 26.1. The van der Waals surface area contributed by atoms with E-state index in [0.29, 0.717) is 30.1 Å². The molecule has 0 saturated heterocycles. The van der Waals surface area contributed by atoms with Gasteiger partial charge in [-0.2, -0.15) is 0 Å². The van der Waals surface area contributed by atoms with Gasteiger partial charge in [0.25, 0.3) is 0 Å². The van der Waals surface area contributed by atoms with Crippen LogP contribution in [0.1, 0.15) is 125 Å². The number of allylic oxidation sites excluding steroid dienone is 2. The number of benzene rings is 2. The van der Waals surface area contributed by atoms with Crippen molar-refractivity contribution in [3.63, 3.8) is 0 Å². The Morgan fingerprint density at radius 3 is 2.36 bits per heavy atom. The number of aliphatic imine (C=N–C) groups is 1. The maximum absolute atomic E-state index is 13.2. The SMILES string of the molecule is C=C1CCC(CC(=O)c2cccc(-c3ccc(C(=NC(=C)C4CCCC[C@@H]4C)C4CCCC[C@H](C)C4)c(C)c3)c2)CC1. The fourth-order valence-corrected chi connectivity index (χ4v) is 7.95. The minimum atomic E-state index is 0.273. The van der Waals surface area contributed by atoms with Gasteiger partial charge in [-0.05, 0) is 97.9 Å². The fourth-order valence-electron chi connectivity index (χ4n) is 7.95. The molecule has 3 aliphatic carbocycles. The summed E-state index contributed by atoms with van der Waals surface area (Å²) in [6, 6.07) is 15.2. The molecule has 0 bridgehead atoms. The smallest absolute Gasteiger partial charge is 0.163 e. The van der Waals surface area contributed by atoms with Gasteiger partial charge in [-0.25, -0.2) is 0 Å². The number of rotatable bonds is 8. The van der Waals surface area contributed by atoms with Crippen LogP contribution in [0.15, 0.2) is 71.9 Å². The van der Waals surface area contributed by atoms with E-state index in [1.54, 1.807) is 0 Å².